The van der Waals surface area contributed by atoms with Crippen LogP contribution in [-0.4, -0.2) is 22.6 Å². The molecule has 0 aliphatic heterocycles. The predicted octanol–water partition coefficient (Wildman–Crippen LogP) is 4.39. The normalized spacial score (nSPS) is 22.4. The number of anilines is 1. The highest BCUT2D eigenvalue weighted by Crippen LogP contribution is 2.34. The molecule has 0 aromatic carbocycles. The van der Waals surface area contributed by atoms with Crippen molar-refractivity contribution in [3.8, 4) is 5.88 Å². The van der Waals surface area contributed by atoms with Gasteiger partial charge in [0.05, 0.1) is 5.39 Å². The summed E-state index contributed by atoms with van der Waals surface area (Å²) in [6, 6.07) is 2.14. The standard InChI is InChI=1S/C16H23N3OS/c1-4-17-16-18-14(12-9-11(3)21-15(12)19-16)20-13-8-6-5-7-10(13)2/h9-10,13H,4-8H2,1-3H3,(H,17,18,19). The van der Waals surface area contributed by atoms with E-state index in [4.69, 9.17) is 4.74 Å². The van der Waals surface area contributed by atoms with Gasteiger partial charge in [0.25, 0.3) is 0 Å². The van der Waals surface area contributed by atoms with E-state index in [1.54, 1.807) is 11.3 Å². The smallest absolute Gasteiger partial charge is 0.227 e. The maximum Gasteiger partial charge on any atom is 0.227 e. The maximum atomic E-state index is 6.30. The van der Waals surface area contributed by atoms with Gasteiger partial charge in [0.2, 0.25) is 11.8 Å². The van der Waals surface area contributed by atoms with Gasteiger partial charge in [-0.05, 0) is 45.1 Å². The van der Waals surface area contributed by atoms with Gasteiger partial charge in [-0.3, -0.25) is 0 Å². The number of thiophene rings is 1. The molecule has 2 aromatic heterocycles. The number of hydrogen-bond acceptors (Lipinski definition) is 5. The zero-order valence-electron chi connectivity index (χ0n) is 13.0. The fourth-order valence-electron chi connectivity index (χ4n) is 2.94. The van der Waals surface area contributed by atoms with Crippen molar-refractivity contribution in [3.05, 3.63) is 10.9 Å². The quantitative estimate of drug-likeness (QED) is 0.910. The number of nitrogens with one attached hydrogen (secondary N) is 1. The number of aryl methyl sites for hydroxylation is 1. The third kappa shape index (κ3) is 3.12. The second-order valence-electron chi connectivity index (χ2n) is 5.88. The van der Waals surface area contributed by atoms with E-state index in [1.165, 1.54) is 24.1 Å². The summed E-state index contributed by atoms with van der Waals surface area (Å²) in [6.07, 6.45) is 5.24. The zero-order chi connectivity index (χ0) is 14.8. The van der Waals surface area contributed by atoms with Gasteiger partial charge in [-0.15, -0.1) is 11.3 Å². The molecule has 1 aliphatic carbocycles. The van der Waals surface area contributed by atoms with Crippen molar-refractivity contribution in [1.29, 1.82) is 0 Å². The molecule has 5 heteroatoms. The largest absolute Gasteiger partial charge is 0.473 e. The Morgan fingerprint density at radius 1 is 1.33 bits per heavy atom. The van der Waals surface area contributed by atoms with E-state index in [1.807, 2.05) is 0 Å². The summed E-state index contributed by atoms with van der Waals surface area (Å²) in [6.45, 7) is 7.25. The molecule has 1 fully saturated rings. The van der Waals surface area contributed by atoms with E-state index in [-0.39, 0.29) is 6.10 Å². The van der Waals surface area contributed by atoms with Gasteiger partial charge in [-0.2, -0.15) is 4.98 Å². The first-order chi connectivity index (χ1) is 10.2. The van der Waals surface area contributed by atoms with Crippen molar-refractivity contribution in [2.45, 2.75) is 52.6 Å². The van der Waals surface area contributed by atoms with Crippen molar-refractivity contribution in [2.24, 2.45) is 5.92 Å². The lowest BCUT2D eigenvalue weighted by Crippen LogP contribution is -2.28. The summed E-state index contributed by atoms with van der Waals surface area (Å²) in [7, 11) is 0. The van der Waals surface area contributed by atoms with Gasteiger partial charge in [-0.25, -0.2) is 4.98 Å². The van der Waals surface area contributed by atoms with Gasteiger partial charge >= 0.3 is 0 Å². The van der Waals surface area contributed by atoms with Crippen LogP contribution >= 0.6 is 11.3 Å². The van der Waals surface area contributed by atoms with Crippen LogP contribution < -0.4 is 10.1 Å². The fourth-order valence-corrected chi connectivity index (χ4v) is 3.81. The molecule has 1 saturated carbocycles. The van der Waals surface area contributed by atoms with E-state index in [2.05, 4.69) is 42.1 Å². The summed E-state index contributed by atoms with van der Waals surface area (Å²) in [4.78, 5) is 11.4. The van der Waals surface area contributed by atoms with Gasteiger partial charge in [0, 0.05) is 11.4 Å². The SMILES string of the molecule is CCNc1nc(OC2CCCCC2C)c2cc(C)sc2n1. The molecule has 3 rings (SSSR count). The van der Waals surface area contributed by atoms with Crippen molar-refractivity contribution in [1.82, 2.24) is 9.97 Å². The second-order valence-corrected chi connectivity index (χ2v) is 7.11. The van der Waals surface area contributed by atoms with E-state index in [9.17, 15) is 0 Å². The Labute approximate surface area is 129 Å². The van der Waals surface area contributed by atoms with Crippen LogP contribution in [0.1, 0.15) is 44.4 Å². The Morgan fingerprint density at radius 2 is 2.14 bits per heavy atom. The van der Waals surface area contributed by atoms with Gasteiger partial charge in [0.1, 0.15) is 10.9 Å². The number of fused-ring (bicyclic) bond motifs is 1. The highest BCUT2D eigenvalue weighted by atomic mass is 32.1. The molecule has 2 aromatic rings. The first kappa shape index (κ1) is 14.6. The van der Waals surface area contributed by atoms with Crippen LogP contribution in [0.25, 0.3) is 10.2 Å². The second kappa shape index (κ2) is 6.18. The van der Waals surface area contributed by atoms with Crippen LogP contribution in [0.15, 0.2) is 6.07 Å². The Morgan fingerprint density at radius 3 is 2.90 bits per heavy atom. The molecule has 0 bridgehead atoms. The maximum absolute atomic E-state index is 6.30. The third-order valence-electron chi connectivity index (χ3n) is 4.11. The van der Waals surface area contributed by atoms with Crippen LogP contribution in [0.2, 0.25) is 0 Å². The van der Waals surface area contributed by atoms with Crippen LogP contribution in [0.4, 0.5) is 5.95 Å². The summed E-state index contributed by atoms with van der Waals surface area (Å²) in [5, 5.41) is 4.25. The molecule has 0 saturated heterocycles. The highest BCUT2D eigenvalue weighted by Gasteiger charge is 2.24. The molecule has 2 atom stereocenters. The van der Waals surface area contributed by atoms with Gasteiger partial charge in [-0.1, -0.05) is 13.3 Å². The first-order valence-corrected chi connectivity index (χ1v) is 8.67. The third-order valence-corrected chi connectivity index (χ3v) is 5.06. The van der Waals surface area contributed by atoms with Crippen molar-refractivity contribution >= 4 is 27.5 Å². The minimum atomic E-state index is 0.284. The van der Waals surface area contributed by atoms with Crippen molar-refractivity contribution in [3.63, 3.8) is 0 Å². The van der Waals surface area contributed by atoms with E-state index >= 15 is 0 Å². The molecular weight excluding hydrogens is 282 g/mol. The lowest BCUT2D eigenvalue weighted by atomic mass is 9.88. The lowest BCUT2D eigenvalue weighted by molar-refractivity contribution is 0.0994. The van der Waals surface area contributed by atoms with E-state index in [0.717, 1.165) is 29.1 Å². The molecule has 1 aliphatic rings. The summed E-state index contributed by atoms with van der Waals surface area (Å²) in [5.74, 6) is 2.02. The molecule has 2 unspecified atom stereocenters. The highest BCUT2D eigenvalue weighted by molar-refractivity contribution is 7.18. The Balaban J connectivity index is 1.94. The lowest BCUT2D eigenvalue weighted by Gasteiger charge is -2.29. The molecule has 4 nitrogen and oxygen atoms in total. The molecule has 1 N–H and O–H groups in total. The topological polar surface area (TPSA) is 47.0 Å². The van der Waals surface area contributed by atoms with Crippen molar-refractivity contribution < 1.29 is 4.74 Å². The average molecular weight is 305 g/mol. The van der Waals surface area contributed by atoms with Crippen LogP contribution in [0.5, 0.6) is 5.88 Å². The molecule has 114 valence electrons. The minimum absolute atomic E-state index is 0.284. The van der Waals surface area contributed by atoms with Crippen LogP contribution in [0, 0.1) is 12.8 Å². The van der Waals surface area contributed by atoms with Gasteiger partial charge in [0.15, 0.2) is 0 Å². The Hall–Kier alpha value is -1.36. The number of rotatable bonds is 4. The zero-order valence-corrected chi connectivity index (χ0v) is 13.8. The monoisotopic (exact) mass is 305 g/mol. The average Bonchev–Trinajstić information content (AvgIpc) is 2.82. The van der Waals surface area contributed by atoms with E-state index < -0.39 is 0 Å². The summed E-state index contributed by atoms with van der Waals surface area (Å²) < 4.78 is 6.30. The fraction of sp³-hybridized carbons (Fsp3) is 0.625. The van der Waals surface area contributed by atoms with Crippen LogP contribution in [0.3, 0.4) is 0 Å². The van der Waals surface area contributed by atoms with Crippen molar-refractivity contribution in [2.75, 3.05) is 11.9 Å². The molecule has 0 radical (unpaired) electrons. The number of nitrogens with zero attached hydrogens (tertiary/aromatic N) is 2. The molecular formula is C16H23N3OS. The summed E-state index contributed by atoms with van der Waals surface area (Å²) >= 11 is 1.70. The molecule has 2 heterocycles. The summed E-state index contributed by atoms with van der Waals surface area (Å²) in [5.41, 5.74) is 0. The van der Waals surface area contributed by atoms with Gasteiger partial charge < -0.3 is 10.1 Å². The number of hydrogen-bond donors (Lipinski definition) is 1. The molecule has 21 heavy (non-hydrogen) atoms. The Bertz CT molecular complexity index is 625. The first-order valence-electron chi connectivity index (χ1n) is 7.86. The Kier molecular flexibility index (Phi) is 4.29. The molecule has 0 amide bonds. The van der Waals surface area contributed by atoms with Crippen LogP contribution in [-0.2, 0) is 0 Å². The predicted molar refractivity (Wildman–Crippen MR) is 88.4 cm³/mol. The number of aromatic nitrogens is 2. The van der Waals surface area contributed by atoms with E-state index in [0.29, 0.717) is 11.9 Å². The number of ether oxygens (including phenoxy) is 1. The molecule has 0 spiro atoms. The minimum Gasteiger partial charge on any atom is -0.473 e.